The number of hydrogen-bond acceptors (Lipinski definition) is 2. The Labute approximate surface area is 114 Å². The topological polar surface area (TPSA) is 34.1 Å². The third-order valence-corrected chi connectivity index (χ3v) is 3.41. The van der Waals surface area contributed by atoms with Gasteiger partial charge in [0, 0.05) is 10.0 Å². The summed E-state index contributed by atoms with van der Waals surface area (Å²) in [6.45, 7) is 0. The average Bonchev–Trinajstić information content (AvgIpc) is 2.41. The molecule has 0 heterocycles. The van der Waals surface area contributed by atoms with E-state index < -0.39 is 5.92 Å². The zero-order chi connectivity index (χ0) is 13.0. The predicted octanol–water partition coefficient (Wildman–Crippen LogP) is 3.61. The lowest BCUT2D eigenvalue weighted by Crippen LogP contribution is -2.14. The molecule has 0 spiro atoms. The first-order chi connectivity index (χ1) is 8.74. The van der Waals surface area contributed by atoms with Crippen LogP contribution in [0.5, 0.6) is 0 Å². The summed E-state index contributed by atoms with van der Waals surface area (Å²) >= 11 is 3.33. The summed E-state index contributed by atoms with van der Waals surface area (Å²) in [5, 5.41) is 0. The predicted molar refractivity (Wildman–Crippen MR) is 73.7 cm³/mol. The van der Waals surface area contributed by atoms with Gasteiger partial charge >= 0.3 is 0 Å². The van der Waals surface area contributed by atoms with Crippen LogP contribution >= 0.6 is 15.9 Å². The zero-order valence-corrected chi connectivity index (χ0v) is 11.1. The Bertz CT molecular complexity index is 564. The van der Waals surface area contributed by atoms with Gasteiger partial charge in [0.2, 0.25) is 0 Å². The third-order valence-electron chi connectivity index (χ3n) is 2.72. The van der Waals surface area contributed by atoms with Crippen LogP contribution in [0.15, 0.2) is 59.1 Å². The fourth-order valence-electron chi connectivity index (χ4n) is 1.78. The lowest BCUT2D eigenvalue weighted by molar-refractivity contribution is -0.108. The lowest BCUT2D eigenvalue weighted by atomic mass is 9.92. The Balaban J connectivity index is 2.38. The number of ketones is 1. The van der Waals surface area contributed by atoms with Gasteiger partial charge in [-0.05, 0) is 11.6 Å². The maximum absolute atomic E-state index is 12.3. The van der Waals surface area contributed by atoms with Crippen molar-refractivity contribution in [1.82, 2.24) is 0 Å². The highest BCUT2D eigenvalue weighted by Gasteiger charge is 2.22. The van der Waals surface area contributed by atoms with Gasteiger partial charge in [-0.3, -0.25) is 4.79 Å². The second-order valence-electron chi connectivity index (χ2n) is 3.87. The molecule has 0 aliphatic heterocycles. The first kappa shape index (κ1) is 12.7. The Morgan fingerprint density at radius 1 is 1.00 bits per heavy atom. The van der Waals surface area contributed by atoms with Crippen molar-refractivity contribution >= 4 is 28.0 Å². The summed E-state index contributed by atoms with van der Waals surface area (Å²) in [6.07, 6.45) is 0.692. The van der Waals surface area contributed by atoms with Crippen molar-refractivity contribution < 1.29 is 9.59 Å². The maximum Gasteiger partial charge on any atom is 0.178 e. The molecule has 3 heteroatoms. The molecule has 0 saturated heterocycles. The van der Waals surface area contributed by atoms with E-state index in [4.69, 9.17) is 0 Å². The number of Topliss-reactive ketones (excluding diaryl/α,β-unsaturated/α-hetero) is 1. The summed E-state index contributed by atoms with van der Waals surface area (Å²) in [5.41, 5.74) is 1.24. The fourth-order valence-corrected chi connectivity index (χ4v) is 2.26. The van der Waals surface area contributed by atoms with Crippen LogP contribution in [-0.4, -0.2) is 12.1 Å². The smallest absolute Gasteiger partial charge is 0.178 e. The van der Waals surface area contributed by atoms with E-state index in [9.17, 15) is 9.59 Å². The van der Waals surface area contributed by atoms with Crippen LogP contribution in [0.3, 0.4) is 0 Å². The molecule has 2 rings (SSSR count). The van der Waals surface area contributed by atoms with Crippen molar-refractivity contribution in [3.63, 3.8) is 0 Å². The van der Waals surface area contributed by atoms with Crippen molar-refractivity contribution in [3.05, 3.63) is 70.2 Å². The van der Waals surface area contributed by atoms with Gasteiger partial charge in [-0.1, -0.05) is 64.5 Å². The number of rotatable bonds is 4. The van der Waals surface area contributed by atoms with E-state index >= 15 is 0 Å². The molecule has 2 aromatic rings. The second kappa shape index (κ2) is 5.74. The second-order valence-corrected chi connectivity index (χ2v) is 4.72. The number of hydrogen-bond donors (Lipinski definition) is 0. The largest absolute Gasteiger partial charge is 0.302 e. The molecule has 0 fully saturated rings. The molecule has 0 aliphatic carbocycles. The van der Waals surface area contributed by atoms with E-state index in [-0.39, 0.29) is 5.78 Å². The van der Waals surface area contributed by atoms with Gasteiger partial charge in [0.25, 0.3) is 0 Å². The number of carbonyl (C=O) groups excluding carboxylic acids is 2. The molecule has 18 heavy (non-hydrogen) atoms. The van der Waals surface area contributed by atoms with Crippen molar-refractivity contribution in [2.24, 2.45) is 0 Å². The molecule has 90 valence electrons. The molecule has 1 atom stereocenters. The van der Waals surface area contributed by atoms with E-state index in [1.165, 1.54) is 0 Å². The molecule has 0 amide bonds. The van der Waals surface area contributed by atoms with Gasteiger partial charge in [0.15, 0.2) is 5.78 Å². The van der Waals surface area contributed by atoms with Crippen molar-refractivity contribution in [2.75, 3.05) is 0 Å². The van der Waals surface area contributed by atoms with Gasteiger partial charge in [0.1, 0.15) is 12.2 Å². The van der Waals surface area contributed by atoms with Crippen LogP contribution in [0.4, 0.5) is 0 Å². The number of carbonyl (C=O) groups is 2. The zero-order valence-electron chi connectivity index (χ0n) is 9.55. The quantitative estimate of drug-likeness (QED) is 0.491. The Hall–Kier alpha value is -1.74. The molecular formula is C15H11BrO2. The van der Waals surface area contributed by atoms with Gasteiger partial charge in [0.05, 0.1) is 0 Å². The van der Waals surface area contributed by atoms with Crippen molar-refractivity contribution in [2.45, 2.75) is 5.92 Å². The minimum absolute atomic E-state index is 0.191. The van der Waals surface area contributed by atoms with Gasteiger partial charge in [-0.25, -0.2) is 0 Å². The minimum Gasteiger partial charge on any atom is -0.302 e. The van der Waals surface area contributed by atoms with Crippen molar-refractivity contribution in [3.8, 4) is 0 Å². The molecule has 0 radical (unpaired) electrons. The number of halogens is 1. The lowest BCUT2D eigenvalue weighted by Gasteiger charge is -2.10. The molecule has 0 saturated carbocycles. The van der Waals surface area contributed by atoms with E-state index in [1.54, 1.807) is 30.3 Å². The van der Waals surface area contributed by atoms with Gasteiger partial charge in [-0.15, -0.1) is 0 Å². The highest BCUT2D eigenvalue weighted by Crippen LogP contribution is 2.24. The van der Waals surface area contributed by atoms with Gasteiger partial charge in [-0.2, -0.15) is 0 Å². The molecule has 2 aromatic carbocycles. The number of aldehydes is 1. The standard InChI is InChI=1S/C15H11BrO2/c16-14-9-5-4-8-12(14)15(18)13(10-17)11-6-2-1-3-7-11/h1-10,13H. The molecule has 2 nitrogen and oxygen atoms in total. The minimum atomic E-state index is -0.745. The maximum atomic E-state index is 12.3. The molecule has 0 aliphatic rings. The number of benzene rings is 2. The first-order valence-corrected chi connectivity index (χ1v) is 6.32. The normalized spacial score (nSPS) is 11.8. The van der Waals surface area contributed by atoms with E-state index in [2.05, 4.69) is 15.9 Å². The molecule has 0 bridgehead atoms. The summed E-state index contributed by atoms with van der Waals surface area (Å²) in [4.78, 5) is 23.5. The Morgan fingerprint density at radius 3 is 2.22 bits per heavy atom. The van der Waals surface area contributed by atoms with E-state index in [1.807, 2.05) is 24.3 Å². The van der Waals surface area contributed by atoms with Crippen LogP contribution in [0.1, 0.15) is 21.8 Å². The highest BCUT2D eigenvalue weighted by molar-refractivity contribution is 9.10. The summed E-state index contributed by atoms with van der Waals surface area (Å²) in [7, 11) is 0. The summed E-state index contributed by atoms with van der Waals surface area (Å²) in [5.74, 6) is -0.937. The van der Waals surface area contributed by atoms with E-state index in [0.717, 1.165) is 0 Å². The van der Waals surface area contributed by atoms with Crippen molar-refractivity contribution in [1.29, 1.82) is 0 Å². The highest BCUT2D eigenvalue weighted by atomic mass is 79.9. The van der Waals surface area contributed by atoms with Crippen LogP contribution in [-0.2, 0) is 4.79 Å². The van der Waals surface area contributed by atoms with Crippen LogP contribution in [0, 0.1) is 0 Å². The fraction of sp³-hybridized carbons (Fsp3) is 0.0667. The van der Waals surface area contributed by atoms with E-state index in [0.29, 0.717) is 21.9 Å². The monoisotopic (exact) mass is 302 g/mol. The van der Waals surface area contributed by atoms with Gasteiger partial charge < -0.3 is 4.79 Å². The summed E-state index contributed by atoms with van der Waals surface area (Å²) in [6, 6.07) is 16.2. The third kappa shape index (κ3) is 2.57. The Morgan fingerprint density at radius 2 is 1.61 bits per heavy atom. The first-order valence-electron chi connectivity index (χ1n) is 5.53. The van der Waals surface area contributed by atoms with Crippen LogP contribution in [0.25, 0.3) is 0 Å². The molecule has 0 aromatic heterocycles. The Kier molecular flexibility index (Phi) is 4.05. The SMILES string of the molecule is O=CC(C(=O)c1ccccc1Br)c1ccccc1. The molecular weight excluding hydrogens is 292 g/mol. The van der Waals surface area contributed by atoms with Crippen LogP contribution < -0.4 is 0 Å². The average molecular weight is 303 g/mol. The summed E-state index contributed by atoms with van der Waals surface area (Å²) < 4.78 is 0.706. The molecule has 0 N–H and O–H groups in total. The molecule has 1 unspecified atom stereocenters. The van der Waals surface area contributed by atoms with Crippen LogP contribution in [0.2, 0.25) is 0 Å².